The molecule has 1 aliphatic heterocycles. The highest BCUT2D eigenvalue weighted by Crippen LogP contribution is 2.27. The van der Waals surface area contributed by atoms with Crippen LogP contribution in [0.1, 0.15) is 40.1 Å². The van der Waals surface area contributed by atoms with E-state index >= 15 is 0 Å². The number of amides is 1. The Balaban J connectivity index is 2.24. The minimum absolute atomic E-state index is 0.111. The smallest absolute Gasteiger partial charge is 0.266 e. The second kappa shape index (κ2) is 5.36. The lowest BCUT2D eigenvalue weighted by Gasteiger charge is -2.39. The first-order valence-corrected chi connectivity index (χ1v) is 7.31. The zero-order chi connectivity index (χ0) is 13.3. The second-order valence-electron chi connectivity index (χ2n) is 5.07. The van der Waals surface area contributed by atoms with Crippen LogP contribution >= 0.6 is 11.3 Å². The molecule has 1 fully saturated rings. The number of hydrogen-bond acceptors (Lipinski definition) is 4. The first-order chi connectivity index (χ1) is 8.54. The van der Waals surface area contributed by atoms with Gasteiger partial charge in [-0.1, -0.05) is 6.92 Å². The molecule has 2 rings (SSSR count). The number of piperidine rings is 1. The number of nitrogens with zero attached hydrogens (tertiary/aromatic N) is 2. The van der Waals surface area contributed by atoms with Crippen LogP contribution in [0.25, 0.3) is 0 Å². The Bertz CT molecular complexity index is 443. The summed E-state index contributed by atoms with van der Waals surface area (Å²) in [7, 11) is 0. The van der Waals surface area contributed by atoms with Gasteiger partial charge in [0.15, 0.2) is 0 Å². The lowest BCUT2D eigenvalue weighted by molar-refractivity contribution is 0.0536. The highest BCUT2D eigenvalue weighted by Gasteiger charge is 2.32. The Kier molecular flexibility index (Phi) is 4.02. The molecular formula is C13H21N3OS. The average Bonchev–Trinajstić information content (AvgIpc) is 2.67. The highest BCUT2D eigenvalue weighted by molar-refractivity contribution is 7.13. The molecule has 18 heavy (non-hydrogen) atoms. The summed E-state index contributed by atoms with van der Waals surface area (Å²) >= 11 is 1.49. The molecule has 1 aromatic rings. The number of carbonyl (C=O) groups excluding carboxylic acids is 1. The molecule has 0 radical (unpaired) electrons. The van der Waals surface area contributed by atoms with Crippen LogP contribution in [-0.4, -0.2) is 34.9 Å². The van der Waals surface area contributed by atoms with Gasteiger partial charge in [0, 0.05) is 19.1 Å². The molecule has 0 saturated carbocycles. The van der Waals surface area contributed by atoms with Gasteiger partial charge in [0.25, 0.3) is 5.91 Å². The van der Waals surface area contributed by atoms with Crippen molar-refractivity contribution < 1.29 is 4.79 Å². The molecule has 1 aliphatic rings. The van der Waals surface area contributed by atoms with Crippen molar-refractivity contribution >= 4 is 17.2 Å². The van der Waals surface area contributed by atoms with E-state index in [1.165, 1.54) is 11.3 Å². The molecule has 0 aliphatic carbocycles. The molecule has 2 unspecified atom stereocenters. The third kappa shape index (κ3) is 2.42. The molecule has 2 N–H and O–H groups in total. The molecule has 5 heteroatoms. The molecule has 100 valence electrons. The largest absolute Gasteiger partial charge is 0.333 e. The molecule has 4 nitrogen and oxygen atoms in total. The normalized spacial score (nSPS) is 24.3. The lowest BCUT2D eigenvalue weighted by atomic mass is 9.90. The van der Waals surface area contributed by atoms with E-state index in [1.807, 2.05) is 18.7 Å². The van der Waals surface area contributed by atoms with Crippen LogP contribution in [0.2, 0.25) is 0 Å². The van der Waals surface area contributed by atoms with E-state index < -0.39 is 0 Å². The van der Waals surface area contributed by atoms with Gasteiger partial charge in [-0.15, -0.1) is 11.3 Å². The summed E-state index contributed by atoms with van der Waals surface area (Å²) in [5.74, 6) is 0.599. The van der Waals surface area contributed by atoms with Gasteiger partial charge in [-0.05, 0) is 32.6 Å². The molecule has 1 saturated heterocycles. The third-order valence-corrected chi connectivity index (χ3v) is 4.78. The predicted molar refractivity (Wildman–Crippen MR) is 73.9 cm³/mol. The Morgan fingerprint density at radius 2 is 2.28 bits per heavy atom. The molecule has 2 atom stereocenters. The zero-order valence-electron chi connectivity index (χ0n) is 11.3. The summed E-state index contributed by atoms with van der Waals surface area (Å²) in [5, 5.41) is 0.949. The quantitative estimate of drug-likeness (QED) is 0.891. The maximum absolute atomic E-state index is 12.6. The maximum atomic E-state index is 12.6. The minimum atomic E-state index is 0.111. The monoisotopic (exact) mass is 267 g/mol. The number of thiazole rings is 1. The maximum Gasteiger partial charge on any atom is 0.266 e. The number of nitrogens with two attached hydrogens (primary N) is 1. The highest BCUT2D eigenvalue weighted by atomic mass is 32.1. The fourth-order valence-electron chi connectivity index (χ4n) is 2.72. The number of aromatic nitrogens is 1. The molecule has 0 bridgehead atoms. The number of rotatable bonds is 2. The van der Waals surface area contributed by atoms with Gasteiger partial charge in [-0.25, -0.2) is 4.98 Å². The minimum Gasteiger partial charge on any atom is -0.333 e. The summed E-state index contributed by atoms with van der Waals surface area (Å²) in [6.07, 6.45) is 2.23. The molecule has 0 spiro atoms. The van der Waals surface area contributed by atoms with E-state index in [9.17, 15) is 4.79 Å². The summed E-state index contributed by atoms with van der Waals surface area (Å²) in [5.41, 5.74) is 6.68. The van der Waals surface area contributed by atoms with Gasteiger partial charge in [0.05, 0.1) is 10.7 Å². The summed E-state index contributed by atoms with van der Waals surface area (Å²) < 4.78 is 0. The second-order valence-corrected chi connectivity index (χ2v) is 6.27. The number of aryl methyl sites for hydroxylation is 2. The fraction of sp³-hybridized carbons (Fsp3) is 0.692. The first-order valence-electron chi connectivity index (χ1n) is 6.49. The van der Waals surface area contributed by atoms with E-state index in [2.05, 4.69) is 11.9 Å². The van der Waals surface area contributed by atoms with Crippen LogP contribution in [0.3, 0.4) is 0 Å². The van der Waals surface area contributed by atoms with Crippen molar-refractivity contribution in [1.29, 1.82) is 0 Å². The number of carbonyl (C=O) groups is 1. The first kappa shape index (κ1) is 13.5. The Morgan fingerprint density at radius 3 is 2.83 bits per heavy atom. The topological polar surface area (TPSA) is 59.2 Å². The van der Waals surface area contributed by atoms with Crippen LogP contribution in [0.15, 0.2) is 0 Å². The Labute approximate surface area is 112 Å². The summed E-state index contributed by atoms with van der Waals surface area (Å²) in [6.45, 7) is 7.39. The molecule has 1 amide bonds. The van der Waals surface area contributed by atoms with Crippen molar-refractivity contribution in [3.63, 3.8) is 0 Å². The van der Waals surface area contributed by atoms with E-state index in [0.717, 1.165) is 35.0 Å². The van der Waals surface area contributed by atoms with E-state index in [-0.39, 0.29) is 11.9 Å². The Hall–Kier alpha value is -0.940. The predicted octanol–water partition coefficient (Wildman–Crippen LogP) is 1.96. The molecule has 2 heterocycles. The average molecular weight is 267 g/mol. The van der Waals surface area contributed by atoms with Gasteiger partial charge in [0.1, 0.15) is 4.88 Å². The molecule has 0 aromatic carbocycles. The van der Waals surface area contributed by atoms with Gasteiger partial charge >= 0.3 is 0 Å². The lowest BCUT2D eigenvalue weighted by Crippen LogP contribution is -2.51. The standard InChI is InChI=1S/C13H21N3OS/c1-8-5-4-6-16(11(8)7-14)13(17)12-9(2)15-10(3)18-12/h8,11H,4-7,14H2,1-3H3. The van der Waals surface area contributed by atoms with E-state index in [4.69, 9.17) is 5.73 Å². The number of likely N-dealkylation sites (tertiary alicyclic amines) is 1. The third-order valence-electron chi connectivity index (χ3n) is 3.72. The summed E-state index contributed by atoms with van der Waals surface area (Å²) in [4.78, 5) is 19.7. The van der Waals surface area contributed by atoms with Gasteiger partial charge < -0.3 is 10.6 Å². The molecule has 1 aromatic heterocycles. The van der Waals surface area contributed by atoms with Gasteiger partial charge in [-0.2, -0.15) is 0 Å². The van der Waals surface area contributed by atoms with Gasteiger partial charge in [-0.3, -0.25) is 4.79 Å². The van der Waals surface area contributed by atoms with Crippen molar-refractivity contribution in [3.8, 4) is 0 Å². The van der Waals surface area contributed by atoms with Crippen LogP contribution in [0.4, 0.5) is 0 Å². The van der Waals surface area contributed by atoms with Crippen LogP contribution in [0, 0.1) is 19.8 Å². The molecular weight excluding hydrogens is 246 g/mol. The number of hydrogen-bond donors (Lipinski definition) is 1. The SMILES string of the molecule is Cc1nc(C)c(C(=O)N2CCCC(C)C2CN)s1. The zero-order valence-corrected chi connectivity index (χ0v) is 12.1. The van der Waals surface area contributed by atoms with Crippen molar-refractivity contribution in [2.45, 2.75) is 39.7 Å². The van der Waals surface area contributed by atoms with Crippen molar-refractivity contribution in [2.24, 2.45) is 11.7 Å². The van der Waals surface area contributed by atoms with Crippen molar-refractivity contribution in [2.75, 3.05) is 13.1 Å². The van der Waals surface area contributed by atoms with E-state index in [0.29, 0.717) is 12.5 Å². The van der Waals surface area contributed by atoms with Crippen molar-refractivity contribution in [3.05, 3.63) is 15.6 Å². The van der Waals surface area contributed by atoms with Crippen LogP contribution in [0.5, 0.6) is 0 Å². The van der Waals surface area contributed by atoms with Crippen molar-refractivity contribution in [1.82, 2.24) is 9.88 Å². The van der Waals surface area contributed by atoms with E-state index in [1.54, 1.807) is 0 Å². The van der Waals surface area contributed by atoms with Crippen LogP contribution < -0.4 is 5.73 Å². The summed E-state index contributed by atoms with van der Waals surface area (Å²) in [6, 6.07) is 0.174. The van der Waals surface area contributed by atoms with Gasteiger partial charge in [0.2, 0.25) is 0 Å². The fourth-order valence-corrected chi connectivity index (χ4v) is 3.60. The Morgan fingerprint density at radius 1 is 1.56 bits per heavy atom. The van der Waals surface area contributed by atoms with Crippen LogP contribution in [-0.2, 0) is 0 Å².